The Morgan fingerprint density at radius 3 is 1.00 bits per heavy atom. The van der Waals surface area contributed by atoms with Crippen molar-refractivity contribution in [1.82, 2.24) is 11.1 Å². The van der Waals surface area contributed by atoms with Gasteiger partial charge in [0.05, 0.1) is 0 Å². The average Bonchev–Trinajstić information content (AvgIpc) is 2.68. The molecule has 3 nitrogen and oxygen atoms in total. The molecule has 0 saturated carbocycles. The van der Waals surface area contributed by atoms with Crippen LogP contribution in [-0.2, 0) is 0 Å². The molecule has 0 fully saturated rings. The normalized spacial score (nSPS) is 10.7. The zero-order valence-electron chi connectivity index (χ0n) is 20.1. The number of hydrogen-bond donors (Lipinski definition) is 2. The number of rotatable bonds is 22. The predicted octanol–water partition coefficient (Wildman–Crippen LogP) is 9.34. The Hall–Kier alpha value is -0.220. The smallest absolute Gasteiger partial charge is 0.278 e. The lowest BCUT2D eigenvalue weighted by Crippen LogP contribution is -2.28. The maximum absolute atomic E-state index is 11.7. The molecule has 4 heteroatoms. The fourth-order valence-corrected chi connectivity index (χ4v) is 4.08. The first-order valence-corrected chi connectivity index (χ1v) is 13.1. The Kier molecular flexibility index (Phi) is 27.6. The maximum Gasteiger partial charge on any atom is 0.278 e. The maximum atomic E-state index is 11.7. The number of hydrogen-bond acceptors (Lipinski definition) is 2. The summed E-state index contributed by atoms with van der Waals surface area (Å²) in [5.41, 5.74) is 0. The molecule has 1 amide bonds. The summed E-state index contributed by atoms with van der Waals surface area (Å²) in [5.74, 6) is 0. The lowest BCUT2D eigenvalue weighted by Gasteiger charge is -2.20. The summed E-state index contributed by atoms with van der Waals surface area (Å²) in [6.45, 7) is 6.33. The third-order valence-corrected chi connectivity index (χ3v) is 6.12. The van der Waals surface area contributed by atoms with Crippen LogP contribution in [-0.4, -0.2) is 23.2 Å². The molecule has 0 aliphatic rings. The molecule has 0 atom stereocenters. The van der Waals surface area contributed by atoms with Crippen molar-refractivity contribution in [2.24, 2.45) is 0 Å². The van der Waals surface area contributed by atoms with E-state index < -0.39 is 0 Å². The van der Waals surface area contributed by atoms with Crippen molar-refractivity contribution in [3.8, 4) is 0 Å². The van der Waals surface area contributed by atoms with Gasteiger partial charge in [-0.1, -0.05) is 142 Å². The Balaban J connectivity index is 0. The van der Waals surface area contributed by atoms with Gasteiger partial charge in [-0.15, -0.1) is 0 Å². The van der Waals surface area contributed by atoms with Gasteiger partial charge in [-0.2, -0.15) is 0 Å². The number of carbonyl (C=O) groups is 1. The van der Waals surface area contributed by atoms with Crippen LogP contribution in [0, 0.1) is 0 Å². The molecule has 176 valence electrons. The Morgan fingerprint density at radius 2 is 0.759 bits per heavy atom. The number of amides is 1. The monoisotopic (exact) mass is 430 g/mol. The van der Waals surface area contributed by atoms with Crippen LogP contribution in [0.4, 0.5) is 4.79 Å². The highest BCUT2D eigenvalue weighted by Crippen LogP contribution is 2.14. The molecule has 0 aliphatic carbocycles. The molecule has 0 aromatic carbocycles. The molecular weight excluding hydrogens is 376 g/mol. The van der Waals surface area contributed by atoms with E-state index in [-0.39, 0.29) is 11.4 Å². The van der Waals surface area contributed by atoms with Gasteiger partial charge in [0.2, 0.25) is 0 Å². The molecule has 0 aliphatic heterocycles. The van der Waals surface area contributed by atoms with Crippen LogP contribution >= 0.6 is 12.6 Å². The van der Waals surface area contributed by atoms with E-state index in [4.69, 9.17) is 0 Å². The van der Waals surface area contributed by atoms with E-state index in [1.54, 1.807) is 0 Å². The highest BCUT2D eigenvalue weighted by molar-refractivity contribution is 7.96. The first-order valence-electron chi connectivity index (χ1n) is 12.7. The summed E-state index contributed by atoms with van der Waals surface area (Å²) in [4.78, 5) is 13.6. The van der Waals surface area contributed by atoms with Crippen LogP contribution in [0.3, 0.4) is 0 Å². The van der Waals surface area contributed by atoms with Crippen LogP contribution in [0.25, 0.3) is 0 Å². The molecular formula is C25H54N2OS. The number of thiol groups is 1. The van der Waals surface area contributed by atoms with Crippen molar-refractivity contribution in [2.75, 3.05) is 13.1 Å². The number of nitrogens with zero attached hydrogens (tertiary/aromatic N) is 1. The second-order valence-corrected chi connectivity index (χ2v) is 9.02. The minimum absolute atomic E-state index is 0. The van der Waals surface area contributed by atoms with E-state index in [9.17, 15) is 4.79 Å². The van der Waals surface area contributed by atoms with Crippen molar-refractivity contribution in [2.45, 2.75) is 142 Å². The van der Waals surface area contributed by atoms with E-state index in [0.29, 0.717) is 0 Å². The van der Waals surface area contributed by atoms with Crippen LogP contribution in [0.15, 0.2) is 0 Å². The van der Waals surface area contributed by atoms with Crippen molar-refractivity contribution >= 4 is 17.9 Å². The first-order chi connectivity index (χ1) is 13.7. The quantitative estimate of drug-likeness (QED) is 0.133. The molecule has 29 heavy (non-hydrogen) atoms. The minimum Gasteiger partial charge on any atom is -0.344 e. The second kappa shape index (κ2) is 25.8. The number of carbonyl (C=O) groups excluding carboxylic acids is 1. The molecule has 0 heterocycles. The van der Waals surface area contributed by atoms with Crippen LogP contribution in [0.5, 0.6) is 0 Å². The van der Waals surface area contributed by atoms with Gasteiger partial charge in [0, 0.05) is 13.1 Å². The van der Waals surface area contributed by atoms with E-state index in [1.807, 2.05) is 4.90 Å². The van der Waals surface area contributed by atoms with Crippen molar-refractivity contribution in [3.05, 3.63) is 0 Å². The summed E-state index contributed by atoms with van der Waals surface area (Å²) in [7, 11) is 0. The Morgan fingerprint density at radius 1 is 0.517 bits per heavy atom. The second-order valence-electron chi connectivity index (χ2n) is 8.63. The van der Waals surface area contributed by atoms with Gasteiger partial charge in [-0.25, -0.2) is 0 Å². The fraction of sp³-hybridized carbons (Fsp3) is 0.960. The lowest BCUT2D eigenvalue weighted by molar-refractivity contribution is 0.220. The molecule has 0 radical (unpaired) electrons. The molecule has 0 unspecified atom stereocenters. The standard InChI is InChI=1S/C25H51NOS.H3N/c1-3-5-7-9-11-12-13-14-15-16-17-18-20-22-24-26(25(27)28)23-21-19-10-8-6-4-2;/h3-24H2,1-2H3,(H,27,28);1H3. The molecule has 0 spiro atoms. The summed E-state index contributed by atoms with van der Waals surface area (Å²) in [5, 5.41) is -0.0387. The van der Waals surface area contributed by atoms with Crippen molar-refractivity contribution < 1.29 is 4.79 Å². The van der Waals surface area contributed by atoms with Gasteiger partial charge >= 0.3 is 0 Å². The molecule has 0 aromatic rings. The molecule has 0 bridgehead atoms. The van der Waals surface area contributed by atoms with Crippen LogP contribution in [0.2, 0.25) is 0 Å². The van der Waals surface area contributed by atoms with Gasteiger partial charge in [0.25, 0.3) is 5.24 Å². The molecule has 3 N–H and O–H groups in total. The van der Waals surface area contributed by atoms with Gasteiger partial charge in [0.15, 0.2) is 0 Å². The first kappa shape index (κ1) is 31.0. The zero-order chi connectivity index (χ0) is 20.7. The molecule has 0 saturated heterocycles. The van der Waals surface area contributed by atoms with Gasteiger partial charge in [-0.05, 0) is 12.8 Å². The van der Waals surface area contributed by atoms with E-state index in [2.05, 4.69) is 26.5 Å². The number of unbranched alkanes of at least 4 members (excludes halogenated alkanes) is 18. The third-order valence-electron chi connectivity index (χ3n) is 5.83. The Labute approximate surface area is 189 Å². The summed E-state index contributed by atoms with van der Waals surface area (Å²) >= 11 is 4.06. The molecule has 0 rings (SSSR count). The van der Waals surface area contributed by atoms with Gasteiger partial charge in [0.1, 0.15) is 0 Å². The van der Waals surface area contributed by atoms with Crippen LogP contribution < -0.4 is 6.15 Å². The van der Waals surface area contributed by atoms with Gasteiger partial charge < -0.3 is 11.1 Å². The van der Waals surface area contributed by atoms with E-state index in [1.165, 1.54) is 116 Å². The molecule has 0 aromatic heterocycles. The van der Waals surface area contributed by atoms with Crippen molar-refractivity contribution in [3.63, 3.8) is 0 Å². The Bertz CT molecular complexity index is 326. The summed E-state index contributed by atoms with van der Waals surface area (Å²) in [6.07, 6.45) is 26.9. The lowest BCUT2D eigenvalue weighted by atomic mass is 10.0. The summed E-state index contributed by atoms with van der Waals surface area (Å²) in [6, 6.07) is 0. The third kappa shape index (κ3) is 23.9. The van der Waals surface area contributed by atoms with Crippen LogP contribution in [0.1, 0.15) is 142 Å². The topological polar surface area (TPSA) is 55.3 Å². The highest BCUT2D eigenvalue weighted by Gasteiger charge is 2.08. The predicted molar refractivity (Wildman–Crippen MR) is 135 cm³/mol. The van der Waals surface area contributed by atoms with Gasteiger partial charge in [-0.3, -0.25) is 4.79 Å². The summed E-state index contributed by atoms with van der Waals surface area (Å²) < 4.78 is 0. The SMILES string of the molecule is CCCCCCCCCCCCCCCCN(CCCCCCCC)C(=O)S.N. The minimum atomic E-state index is -0.0387. The largest absolute Gasteiger partial charge is 0.344 e. The van der Waals surface area contributed by atoms with E-state index >= 15 is 0 Å². The van der Waals surface area contributed by atoms with Crippen molar-refractivity contribution in [1.29, 1.82) is 0 Å². The zero-order valence-corrected chi connectivity index (χ0v) is 21.0. The average molecular weight is 431 g/mol. The highest BCUT2D eigenvalue weighted by atomic mass is 32.1. The fourth-order valence-electron chi connectivity index (χ4n) is 3.88. The van der Waals surface area contributed by atoms with E-state index in [0.717, 1.165) is 25.9 Å².